The normalized spacial score (nSPS) is 11.3. The van der Waals surface area contributed by atoms with E-state index in [1.54, 1.807) is 0 Å². The molecule has 0 radical (unpaired) electrons. The van der Waals surface area contributed by atoms with Crippen molar-refractivity contribution >= 4 is 33.6 Å². The van der Waals surface area contributed by atoms with Gasteiger partial charge in [0.15, 0.2) is 0 Å². The van der Waals surface area contributed by atoms with E-state index in [-0.39, 0.29) is 0 Å². The molecule has 0 unspecified atom stereocenters. The summed E-state index contributed by atoms with van der Waals surface area (Å²) in [7, 11) is 0. The monoisotopic (exact) mass is 236 g/mol. The van der Waals surface area contributed by atoms with Crippen LogP contribution in [0.3, 0.4) is 0 Å². The van der Waals surface area contributed by atoms with E-state index in [0.717, 1.165) is 0 Å². The molecule has 1 aromatic heterocycles. The van der Waals surface area contributed by atoms with Crippen LogP contribution < -0.4 is 0 Å². The second kappa shape index (κ2) is 4.56. The fourth-order valence-corrected chi connectivity index (χ4v) is 2.79. The molecule has 0 nitrogen and oxygen atoms in total. The maximum Gasteiger partial charge on any atom is 0.0349 e. The minimum absolute atomic E-state index is 1.24. The van der Waals surface area contributed by atoms with E-state index < -0.39 is 0 Å². The van der Waals surface area contributed by atoms with Crippen molar-refractivity contribution < 1.29 is 0 Å². The quantitative estimate of drug-likeness (QED) is 0.582. The van der Waals surface area contributed by atoms with Gasteiger partial charge in [0.1, 0.15) is 0 Å². The van der Waals surface area contributed by atoms with Gasteiger partial charge in [-0.05, 0) is 29.2 Å². The molecule has 0 saturated heterocycles. The fourth-order valence-electron chi connectivity index (χ4n) is 1.83. The molecule has 0 aliphatic carbocycles. The van der Waals surface area contributed by atoms with Gasteiger partial charge in [-0.25, -0.2) is 0 Å². The zero-order chi connectivity index (χ0) is 11.5. The lowest BCUT2D eigenvalue weighted by atomic mass is 10.2. The van der Waals surface area contributed by atoms with Crippen molar-refractivity contribution in [2.75, 3.05) is 0 Å². The maximum absolute atomic E-state index is 2.24. The molecule has 0 aliphatic rings. The number of benzene rings is 2. The molecule has 0 aliphatic heterocycles. The van der Waals surface area contributed by atoms with E-state index in [0.29, 0.717) is 0 Å². The minimum atomic E-state index is 1.24. The predicted octanol–water partition coefficient (Wildman–Crippen LogP) is 5.07. The lowest BCUT2D eigenvalue weighted by molar-refractivity contribution is 1.67. The van der Waals surface area contributed by atoms with Crippen LogP contribution in [0.2, 0.25) is 0 Å². The van der Waals surface area contributed by atoms with Gasteiger partial charge in [-0.3, -0.25) is 0 Å². The van der Waals surface area contributed by atoms with Gasteiger partial charge in [0, 0.05) is 9.58 Å². The maximum atomic E-state index is 2.24. The molecule has 1 heterocycles. The van der Waals surface area contributed by atoms with Gasteiger partial charge in [0.25, 0.3) is 0 Å². The fraction of sp³-hybridized carbons (Fsp3) is 0. The highest BCUT2D eigenvalue weighted by Crippen LogP contribution is 2.26. The first-order valence-corrected chi connectivity index (χ1v) is 6.45. The molecular formula is C16H12S. The Labute approximate surface area is 105 Å². The minimum Gasteiger partial charge on any atom is -0.136 e. The highest BCUT2D eigenvalue weighted by molar-refractivity contribution is 7.19. The number of hydrogen-bond donors (Lipinski definition) is 0. The number of rotatable bonds is 2. The average molecular weight is 236 g/mol. The van der Waals surface area contributed by atoms with E-state index in [2.05, 4.69) is 66.7 Å². The lowest BCUT2D eigenvalue weighted by Gasteiger charge is -1.89. The number of fused-ring (bicyclic) bond motifs is 1. The first-order valence-electron chi connectivity index (χ1n) is 5.63. The van der Waals surface area contributed by atoms with Crippen LogP contribution in [0.1, 0.15) is 10.4 Å². The summed E-state index contributed by atoms with van der Waals surface area (Å²) in [6.45, 7) is 0. The van der Waals surface area contributed by atoms with E-state index in [9.17, 15) is 0 Å². The molecule has 17 heavy (non-hydrogen) atoms. The molecule has 0 bridgehead atoms. The third-order valence-electron chi connectivity index (χ3n) is 2.68. The second-order valence-electron chi connectivity index (χ2n) is 3.93. The molecule has 0 atom stereocenters. The molecule has 0 fully saturated rings. The number of thiophene rings is 1. The number of hydrogen-bond acceptors (Lipinski definition) is 1. The summed E-state index contributed by atoms with van der Waals surface area (Å²) in [5.74, 6) is 0. The second-order valence-corrected chi connectivity index (χ2v) is 5.05. The van der Waals surface area contributed by atoms with E-state index in [1.807, 2.05) is 17.4 Å². The molecule has 2 aromatic carbocycles. The Morgan fingerprint density at radius 2 is 1.53 bits per heavy atom. The summed E-state index contributed by atoms with van der Waals surface area (Å²) in [4.78, 5) is 1.30. The standard InChI is InChI=1S/C16H12S/c1-2-6-13(7-3-1)10-11-15-12-14-8-4-5-9-16(14)17-15/h1-12H/b11-10+. The van der Waals surface area contributed by atoms with Crippen molar-refractivity contribution in [1.29, 1.82) is 0 Å². The smallest absolute Gasteiger partial charge is 0.0349 e. The third kappa shape index (κ3) is 2.29. The summed E-state index contributed by atoms with van der Waals surface area (Å²) in [6.07, 6.45) is 4.34. The van der Waals surface area contributed by atoms with Gasteiger partial charge in [0.05, 0.1) is 0 Å². The SMILES string of the molecule is C(=C\c1cc2ccccc2s1)/c1ccccc1. The summed E-state index contributed by atoms with van der Waals surface area (Å²) < 4.78 is 1.35. The van der Waals surface area contributed by atoms with Crippen LogP contribution in [0, 0.1) is 0 Å². The van der Waals surface area contributed by atoms with Crippen molar-refractivity contribution in [2.24, 2.45) is 0 Å². The van der Waals surface area contributed by atoms with Gasteiger partial charge in [-0.1, -0.05) is 54.6 Å². The van der Waals surface area contributed by atoms with Crippen LogP contribution in [0.5, 0.6) is 0 Å². The van der Waals surface area contributed by atoms with Gasteiger partial charge < -0.3 is 0 Å². The van der Waals surface area contributed by atoms with Crippen molar-refractivity contribution in [3.8, 4) is 0 Å². The molecule has 0 amide bonds. The van der Waals surface area contributed by atoms with Gasteiger partial charge >= 0.3 is 0 Å². The van der Waals surface area contributed by atoms with Crippen LogP contribution in [0.25, 0.3) is 22.2 Å². The molecule has 1 heteroatoms. The van der Waals surface area contributed by atoms with Crippen molar-refractivity contribution in [1.82, 2.24) is 0 Å². The highest BCUT2D eigenvalue weighted by atomic mass is 32.1. The molecule has 3 rings (SSSR count). The zero-order valence-corrected chi connectivity index (χ0v) is 10.2. The topological polar surface area (TPSA) is 0 Å². The van der Waals surface area contributed by atoms with Crippen molar-refractivity contribution in [2.45, 2.75) is 0 Å². The van der Waals surface area contributed by atoms with E-state index >= 15 is 0 Å². The third-order valence-corrected chi connectivity index (χ3v) is 3.77. The first kappa shape index (κ1) is 10.3. The predicted molar refractivity (Wildman–Crippen MR) is 77.2 cm³/mol. The molecule has 82 valence electrons. The largest absolute Gasteiger partial charge is 0.136 e. The van der Waals surface area contributed by atoms with Gasteiger partial charge in [0.2, 0.25) is 0 Å². The Hall–Kier alpha value is -1.86. The van der Waals surface area contributed by atoms with Crippen LogP contribution in [0.15, 0.2) is 60.7 Å². The Bertz CT molecular complexity index is 614. The molecule has 0 saturated carbocycles. The summed E-state index contributed by atoms with van der Waals surface area (Å²) in [5, 5.41) is 1.32. The first-order chi connectivity index (χ1) is 8.42. The van der Waals surface area contributed by atoms with Gasteiger partial charge in [-0.15, -0.1) is 11.3 Å². The Kier molecular flexibility index (Phi) is 2.76. The Morgan fingerprint density at radius 1 is 0.765 bits per heavy atom. The molecule has 0 N–H and O–H groups in total. The van der Waals surface area contributed by atoms with E-state index in [4.69, 9.17) is 0 Å². The highest BCUT2D eigenvalue weighted by Gasteiger charge is 1.97. The Morgan fingerprint density at radius 3 is 2.35 bits per heavy atom. The summed E-state index contributed by atoms with van der Waals surface area (Å²) >= 11 is 1.83. The molecule has 0 spiro atoms. The molecular weight excluding hydrogens is 224 g/mol. The average Bonchev–Trinajstić information content (AvgIpc) is 2.80. The Balaban J connectivity index is 1.92. The molecule has 3 aromatic rings. The van der Waals surface area contributed by atoms with Crippen LogP contribution >= 0.6 is 11.3 Å². The van der Waals surface area contributed by atoms with Crippen molar-refractivity contribution in [3.05, 3.63) is 71.1 Å². The zero-order valence-electron chi connectivity index (χ0n) is 9.34. The summed E-state index contributed by atoms with van der Waals surface area (Å²) in [5.41, 5.74) is 1.24. The van der Waals surface area contributed by atoms with Crippen LogP contribution in [0.4, 0.5) is 0 Å². The lowest BCUT2D eigenvalue weighted by Crippen LogP contribution is -1.67. The van der Waals surface area contributed by atoms with Gasteiger partial charge in [-0.2, -0.15) is 0 Å². The van der Waals surface area contributed by atoms with Crippen LogP contribution in [-0.2, 0) is 0 Å². The van der Waals surface area contributed by atoms with Crippen LogP contribution in [-0.4, -0.2) is 0 Å². The van der Waals surface area contributed by atoms with E-state index in [1.165, 1.54) is 20.5 Å². The van der Waals surface area contributed by atoms with Crippen molar-refractivity contribution in [3.63, 3.8) is 0 Å². The summed E-state index contributed by atoms with van der Waals surface area (Å²) in [6, 6.07) is 21.1.